The second-order valence-electron chi connectivity index (χ2n) is 6.66. The molecule has 1 aromatic rings. The lowest BCUT2D eigenvalue weighted by Gasteiger charge is -2.09. The van der Waals surface area contributed by atoms with E-state index in [0.717, 1.165) is 11.8 Å². The average Bonchev–Trinajstić information content (AvgIpc) is 2.93. The molecule has 4 rings (SSSR count). The summed E-state index contributed by atoms with van der Waals surface area (Å²) in [5.74, 6) is 3.07. The third-order valence-corrected chi connectivity index (χ3v) is 5.76. The fourth-order valence-corrected chi connectivity index (χ4v) is 4.80. The Bertz CT molecular complexity index is 633. The number of nitro benzene ring substituents is 1. The van der Waals surface area contributed by atoms with Crippen LogP contribution in [0, 0.1) is 39.7 Å². The molecular weight excluding hydrogens is 266 g/mol. The molecule has 0 amide bonds. The first-order chi connectivity index (χ1) is 10.1. The van der Waals surface area contributed by atoms with Gasteiger partial charge in [-0.1, -0.05) is 6.58 Å². The Hall–Kier alpha value is -1.97. The number of ketones is 1. The number of carbonyl (C=O) groups is 1. The Labute approximate surface area is 123 Å². The van der Waals surface area contributed by atoms with Crippen molar-refractivity contribution in [3.8, 4) is 0 Å². The third kappa shape index (κ3) is 1.78. The smallest absolute Gasteiger partial charge is 0.269 e. The predicted molar refractivity (Wildman–Crippen MR) is 78.4 cm³/mol. The van der Waals surface area contributed by atoms with Crippen molar-refractivity contribution in [3.05, 3.63) is 46.5 Å². The van der Waals surface area contributed by atoms with Gasteiger partial charge in [0.1, 0.15) is 0 Å². The van der Waals surface area contributed by atoms with Gasteiger partial charge in [0.15, 0.2) is 5.78 Å². The van der Waals surface area contributed by atoms with Gasteiger partial charge in [0.25, 0.3) is 5.69 Å². The van der Waals surface area contributed by atoms with Crippen molar-refractivity contribution in [2.24, 2.45) is 29.6 Å². The fraction of sp³-hybridized carbons (Fsp3) is 0.471. The van der Waals surface area contributed by atoms with E-state index in [4.69, 9.17) is 0 Å². The highest BCUT2D eigenvalue weighted by atomic mass is 16.6. The third-order valence-electron chi connectivity index (χ3n) is 5.76. The molecule has 3 aliphatic rings. The van der Waals surface area contributed by atoms with E-state index in [1.54, 1.807) is 12.1 Å². The van der Waals surface area contributed by atoms with Crippen LogP contribution in [0.5, 0.6) is 0 Å². The number of fused-ring (bicyclic) bond motifs is 5. The Morgan fingerprint density at radius 1 is 1.14 bits per heavy atom. The van der Waals surface area contributed by atoms with Gasteiger partial charge in [-0.25, -0.2) is 0 Å². The van der Waals surface area contributed by atoms with Gasteiger partial charge in [-0.3, -0.25) is 14.9 Å². The molecule has 21 heavy (non-hydrogen) atoms. The molecule has 0 aromatic heterocycles. The number of Topliss-reactive ketones (excluding diaryl/α,β-unsaturated/α-hetero) is 1. The minimum atomic E-state index is -0.433. The van der Waals surface area contributed by atoms with Gasteiger partial charge in [0.05, 0.1) is 4.92 Å². The summed E-state index contributed by atoms with van der Waals surface area (Å²) in [5, 5.41) is 10.7. The molecule has 3 fully saturated rings. The molecule has 3 aliphatic carbocycles. The van der Waals surface area contributed by atoms with Gasteiger partial charge >= 0.3 is 0 Å². The summed E-state index contributed by atoms with van der Waals surface area (Å²) < 4.78 is 0. The molecule has 0 aliphatic heterocycles. The van der Waals surface area contributed by atoms with Gasteiger partial charge in [0, 0.05) is 23.6 Å². The highest BCUT2D eigenvalue weighted by Gasteiger charge is 2.67. The largest absolute Gasteiger partial charge is 0.294 e. The minimum Gasteiger partial charge on any atom is -0.294 e. The van der Waals surface area contributed by atoms with E-state index in [0.29, 0.717) is 23.0 Å². The highest BCUT2D eigenvalue weighted by Crippen LogP contribution is 2.70. The number of rotatable bonds is 4. The second-order valence-corrected chi connectivity index (χ2v) is 6.66. The molecule has 0 radical (unpaired) electrons. The summed E-state index contributed by atoms with van der Waals surface area (Å²) in [6.07, 6.45) is 3.91. The number of non-ortho nitro benzene ring substituents is 1. The minimum absolute atomic E-state index is 0.0420. The lowest BCUT2D eigenvalue weighted by Crippen LogP contribution is -2.11. The maximum absolute atomic E-state index is 12.6. The van der Waals surface area contributed by atoms with Crippen LogP contribution in [0.15, 0.2) is 30.8 Å². The summed E-state index contributed by atoms with van der Waals surface area (Å²) in [6.45, 7) is 3.94. The number of hydrogen-bond donors (Lipinski definition) is 0. The first kappa shape index (κ1) is 12.7. The van der Waals surface area contributed by atoms with E-state index in [2.05, 4.69) is 6.58 Å². The maximum atomic E-state index is 12.6. The molecular formula is C17H17NO3. The second kappa shape index (κ2) is 4.26. The molecule has 0 N–H and O–H groups in total. The molecule has 108 valence electrons. The number of benzene rings is 1. The van der Waals surface area contributed by atoms with E-state index >= 15 is 0 Å². The van der Waals surface area contributed by atoms with E-state index in [9.17, 15) is 14.9 Å². The van der Waals surface area contributed by atoms with Crippen LogP contribution in [0.25, 0.3) is 5.57 Å². The summed E-state index contributed by atoms with van der Waals surface area (Å²) in [4.78, 5) is 22.9. The van der Waals surface area contributed by atoms with Gasteiger partial charge in [0.2, 0.25) is 0 Å². The van der Waals surface area contributed by atoms with Crippen LogP contribution in [0.3, 0.4) is 0 Å². The topological polar surface area (TPSA) is 60.2 Å². The normalized spacial score (nSPS) is 35.3. The zero-order valence-electron chi connectivity index (χ0n) is 11.7. The van der Waals surface area contributed by atoms with Crippen molar-refractivity contribution in [1.29, 1.82) is 0 Å². The molecule has 0 saturated heterocycles. The molecule has 4 heteroatoms. The summed E-state index contributed by atoms with van der Waals surface area (Å²) >= 11 is 0. The van der Waals surface area contributed by atoms with Crippen LogP contribution in [0.4, 0.5) is 5.69 Å². The van der Waals surface area contributed by atoms with Gasteiger partial charge in [-0.2, -0.15) is 0 Å². The van der Waals surface area contributed by atoms with Crippen LogP contribution in [0.2, 0.25) is 0 Å². The standard InChI is InChI=1S/C17H17NO3/c1-9(10-4-6-13(7-5-10)18(20)21)17(19)16-14-11-2-3-12(8-11)15(14)16/h4-7,11-12,14-16H,1-3,8H2. The van der Waals surface area contributed by atoms with Gasteiger partial charge in [-0.05, 0) is 60.6 Å². The van der Waals surface area contributed by atoms with E-state index in [1.807, 2.05) is 0 Å². The highest BCUT2D eigenvalue weighted by molar-refractivity contribution is 6.22. The molecule has 3 saturated carbocycles. The monoisotopic (exact) mass is 283 g/mol. The van der Waals surface area contributed by atoms with Crippen LogP contribution >= 0.6 is 0 Å². The molecule has 0 heterocycles. The van der Waals surface area contributed by atoms with Crippen LogP contribution < -0.4 is 0 Å². The summed E-state index contributed by atoms with van der Waals surface area (Å²) in [5.41, 5.74) is 1.27. The summed E-state index contributed by atoms with van der Waals surface area (Å²) in [7, 11) is 0. The van der Waals surface area contributed by atoms with Crippen LogP contribution in [-0.2, 0) is 4.79 Å². The number of carbonyl (C=O) groups excluding carboxylic acids is 1. The van der Waals surface area contributed by atoms with Crippen molar-refractivity contribution in [1.82, 2.24) is 0 Å². The lowest BCUT2D eigenvalue weighted by molar-refractivity contribution is -0.384. The molecule has 0 spiro atoms. The van der Waals surface area contributed by atoms with Crippen molar-refractivity contribution < 1.29 is 9.72 Å². The lowest BCUT2D eigenvalue weighted by atomic mass is 9.93. The number of nitro groups is 1. The maximum Gasteiger partial charge on any atom is 0.269 e. The Balaban J connectivity index is 1.50. The molecule has 4 atom stereocenters. The first-order valence-electron chi connectivity index (χ1n) is 7.56. The van der Waals surface area contributed by atoms with Crippen molar-refractivity contribution in [2.45, 2.75) is 19.3 Å². The van der Waals surface area contributed by atoms with Crippen molar-refractivity contribution in [2.75, 3.05) is 0 Å². The first-order valence-corrected chi connectivity index (χ1v) is 7.56. The SMILES string of the molecule is C=C(C(=O)C1C2C3CCC(C3)C12)c1ccc([N+](=O)[O-])cc1. The number of hydrogen-bond acceptors (Lipinski definition) is 3. The molecule has 1 aromatic carbocycles. The summed E-state index contributed by atoms with van der Waals surface area (Å²) in [6, 6.07) is 6.13. The Morgan fingerprint density at radius 3 is 2.24 bits per heavy atom. The molecule has 4 unspecified atom stereocenters. The quantitative estimate of drug-likeness (QED) is 0.483. The van der Waals surface area contributed by atoms with Crippen LogP contribution in [-0.4, -0.2) is 10.7 Å². The number of allylic oxidation sites excluding steroid dienone is 1. The number of nitrogens with zero attached hydrogens (tertiary/aromatic N) is 1. The average molecular weight is 283 g/mol. The van der Waals surface area contributed by atoms with E-state index in [1.165, 1.54) is 31.4 Å². The molecule has 2 bridgehead atoms. The Kier molecular flexibility index (Phi) is 2.59. The van der Waals surface area contributed by atoms with E-state index < -0.39 is 4.92 Å². The van der Waals surface area contributed by atoms with Gasteiger partial charge in [-0.15, -0.1) is 0 Å². The molecule has 4 nitrogen and oxygen atoms in total. The predicted octanol–water partition coefficient (Wildman–Crippen LogP) is 3.47. The van der Waals surface area contributed by atoms with E-state index in [-0.39, 0.29) is 17.4 Å². The van der Waals surface area contributed by atoms with Crippen LogP contribution in [0.1, 0.15) is 24.8 Å². The van der Waals surface area contributed by atoms with Crippen molar-refractivity contribution >= 4 is 17.0 Å². The zero-order valence-corrected chi connectivity index (χ0v) is 11.7. The van der Waals surface area contributed by atoms with Gasteiger partial charge < -0.3 is 0 Å². The Morgan fingerprint density at radius 2 is 1.71 bits per heavy atom. The van der Waals surface area contributed by atoms with Crippen molar-refractivity contribution in [3.63, 3.8) is 0 Å². The zero-order chi connectivity index (χ0) is 14.7. The fourth-order valence-electron chi connectivity index (χ4n) is 4.80.